The molecule has 0 aromatic heterocycles. The lowest BCUT2D eigenvalue weighted by Crippen LogP contribution is -2.54. The van der Waals surface area contributed by atoms with Gasteiger partial charge in [0.25, 0.3) is 5.91 Å². The number of carbonyl (C=O) groups is 2. The van der Waals surface area contributed by atoms with Crippen LogP contribution < -0.4 is 19.5 Å². The van der Waals surface area contributed by atoms with Gasteiger partial charge in [-0.2, -0.15) is 0 Å². The lowest BCUT2D eigenvalue weighted by Gasteiger charge is -2.33. The summed E-state index contributed by atoms with van der Waals surface area (Å²) >= 11 is 0. The van der Waals surface area contributed by atoms with E-state index >= 15 is 0 Å². The van der Waals surface area contributed by atoms with E-state index in [1.165, 1.54) is 0 Å². The molecule has 0 saturated carbocycles. The van der Waals surface area contributed by atoms with Crippen molar-refractivity contribution in [2.24, 2.45) is 0 Å². The summed E-state index contributed by atoms with van der Waals surface area (Å²) in [5.41, 5.74) is 0.533. The van der Waals surface area contributed by atoms with Gasteiger partial charge in [0, 0.05) is 30.3 Å². The van der Waals surface area contributed by atoms with Crippen molar-refractivity contribution in [3.63, 3.8) is 0 Å². The van der Waals surface area contributed by atoms with E-state index in [4.69, 9.17) is 14.2 Å². The second kappa shape index (κ2) is 11.4. The molecule has 1 N–H and O–H groups in total. The first kappa shape index (κ1) is 25.0. The van der Waals surface area contributed by atoms with Gasteiger partial charge in [-0.15, -0.1) is 0 Å². The molecule has 2 aromatic carbocycles. The molecular weight excluding hydrogens is 408 g/mol. The second-order valence-electron chi connectivity index (χ2n) is 8.51. The van der Waals surface area contributed by atoms with Crippen molar-refractivity contribution in [1.29, 1.82) is 0 Å². The van der Waals surface area contributed by atoms with Crippen LogP contribution in [0.15, 0.2) is 48.5 Å². The first-order valence-corrected chi connectivity index (χ1v) is 10.7. The highest BCUT2D eigenvalue weighted by molar-refractivity contribution is 5.88. The molecule has 0 aliphatic carbocycles. The van der Waals surface area contributed by atoms with E-state index < -0.39 is 11.6 Å². The van der Waals surface area contributed by atoms with E-state index in [1.807, 2.05) is 58.0 Å². The van der Waals surface area contributed by atoms with Crippen molar-refractivity contribution in [2.75, 3.05) is 20.8 Å². The Morgan fingerprint density at radius 2 is 1.53 bits per heavy atom. The molecule has 0 aliphatic heterocycles. The number of ether oxygens (including phenoxy) is 3. The molecule has 0 saturated heterocycles. The van der Waals surface area contributed by atoms with Crippen LogP contribution >= 0.6 is 0 Å². The molecule has 7 heteroatoms. The van der Waals surface area contributed by atoms with E-state index in [0.717, 1.165) is 5.56 Å². The maximum absolute atomic E-state index is 13.3. The number of nitrogens with one attached hydrogen (secondary N) is 1. The summed E-state index contributed by atoms with van der Waals surface area (Å²) in [7, 11) is 3.09. The topological polar surface area (TPSA) is 77.1 Å². The van der Waals surface area contributed by atoms with Crippen LogP contribution in [-0.2, 0) is 16.1 Å². The monoisotopic (exact) mass is 442 g/mol. The van der Waals surface area contributed by atoms with Crippen molar-refractivity contribution >= 4 is 11.8 Å². The minimum absolute atomic E-state index is 0.188. The Hall–Kier alpha value is -3.22. The molecule has 1 atom stereocenters. The Bertz CT molecular complexity index is 871. The minimum Gasteiger partial charge on any atom is -0.496 e. The minimum atomic E-state index is -0.620. The Labute approximate surface area is 190 Å². The molecule has 32 heavy (non-hydrogen) atoms. The highest BCUT2D eigenvalue weighted by Gasteiger charge is 2.30. The SMILES string of the molecule is CC[C@H](C(=O)NC(C)(C)C)N(Cc1ccccc1)C(=O)COc1cc(OC)cc(OC)c1. The third-order valence-corrected chi connectivity index (χ3v) is 4.77. The molecule has 0 fully saturated rings. The Morgan fingerprint density at radius 3 is 2.03 bits per heavy atom. The molecule has 174 valence electrons. The van der Waals surface area contributed by atoms with Gasteiger partial charge in [-0.1, -0.05) is 37.3 Å². The number of benzene rings is 2. The van der Waals surface area contributed by atoms with Crippen LogP contribution in [-0.4, -0.2) is 49.1 Å². The van der Waals surface area contributed by atoms with Crippen LogP contribution in [0.4, 0.5) is 0 Å². The van der Waals surface area contributed by atoms with Crippen molar-refractivity contribution in [1.82, 2.24) is 10.2 Å². The molecule has 2 amide bonds. The van der Waals surface area contributed by atoms with Gasteiger partial charge in [-0.3, -0.25) is 9.59 Å². The van der Waals surface area contributed by atoms with E-state index in [2.05, 4.69) is 5.32 Å². The predicted molar refractivity (Wildman–Crippen MR) is 124 cm³/mol. The third kappa shape index (κ3) is 7.48. The Morgan fingerprint density at radius 1 is 0.969 bits per heavy atom. The van der Waals surface area contributed by atoms with Crippen LogP contribution in [0.5, 0.6) is 17.2 Å². The van der Waals surface area contributed by atoms with Gasteiger partial charge < -0.3 is 24.4 Å². The Kier molecular flexibility index (Phi) is 8.93. The molecule has 7 nitrogen and oxygen atoms in total. The molecule has 2 rings (SSSR count). The van der Waals surface area contributed by atoms with E-state index in [-0.39, 0.29) is 18.4 Å². The van der Waals surface area contributed by atoms with Gasteiger partial charge in [0.2, 0.25) is 5.91 Å². The molecule has 0 spiro atoms. The van der Waals surface area contributed by atoms with Gasteiger partial charge in [-0.25, -0.2) is 0 Å². The number of hydrogen-bond donors (Lipinski definition) is 1. The van der Waals surface area contributed by atoms with Crippen molar-refractivity contribution in [3.05, 3.63) is 54.1 Å². The fourth-order valence-electron chi connectivity index (χ4n) is 3.25. The fourth-order valence-corrected chi connectivity index (χ4v) is 3.25. The largest absolute Gasteiger partial charge is 0.496 e. The van der Waals surface area contributed by atoms with Crippen molar-refractivity contribution < 1.29 is 23.8 Å². The van der Waals surface area contributed by atoms with E-state index in [0.29, 0.717) is 30.2 Å². The fraction of sp³-hybridized carbons (Fsp3) is 0.440. The van der Waals surface area contributed by atoms with Gasteiger partial charge in [0.05, 0.1) is 14.2 Å². The maximum atomic E-state index is 13.3. The third-order valence-electron chi connectivity index (χ3n) is 4.77. The predicted octanol–water partition coefficient (Wildman–Crippen LogP) is 3.80. The summed E-state index contributed by atoms with van der Waals surface area (Å²) in [5, 5.41) is 2.99. The number of hydrogen-bond acceptors (Lipinski definition) is 5. The highest BCUT2D eigenvalue weighted by atomic mass is 16.5. The first-order chi connectivity index (χ1) is 15.2. The number of methoxy groups -OCH3 is 2. The average Bonchev–Trinajstić information content (AvgIpc) is 2.76. The van der Waals surface area contributed by atoms with Gasteiger partial charge in [0.1, 0.15) is 23.3 Å². The van der Waals surface area contributed by atoms with Crippen molar-refractivity contribution in [3.8, 4) is 17.2 Å². The number of amides is 2. The van der Waals surface area contributed by atoms with Gasteiger partial charge >= 0.3 is 0 Å². The molecule has 0 radical (unpaired) electrons. The molecule has 0 unspecified atom stereocenters. The summed E-state index contributed by atoms with van der Waals surface area (Å²) < 4.78 is 16.3. The van der Waals surface area contributed by atoms with Crippen LogP contribution in [0.25, 0.3) is 0 Å². The van der Waals surface area contributed by atoms with Crippen LogP contribution in [0, 0.1) is 0 Å². The zero-order valence-corrected chi connectivity index (χ0v) is 19.8. The normalized spacial score (nSPS) is 11.9. The standard InChI is InChI=1S/C25H34N2O5/c1-7-22(24(29)26-25(2,3)4)27(16-18-11-9-8-10-12-18)23(28)17-32-21-14-19(30-5)13-20(15-21)31-6/h8-15,22H,7,16-17H2,1-6H3,(H,26,29)/t22-/m1/s1. The van der Waals surface area contributed by atoms with Crippen LogP contribution in [0.2, 0.25) is 0 Å². The molecule has 0 aliphatic rings. The second-order valence-corrected chi connectivity index (χ2v) is 8.51. The zero-order chi connectivity index (χ0) is 23.7. The number of nitrogens with zero attached hydrogens (tertiary/aromatic N) is 1. The van der Waals surface area contributed by atoms with Gasteiger partial charge in [-0.05, 0) is 32.8 Å². The molecule has 2 aromatic rings. The zero-order valence-electron chi connectivity index (χ0n) is 19.8. The maximum Gasteiger partial charge on any atom is 0.261 e. The van der Waals surface area contributed by atoms with E-state index in [9.17, 15) is 9.59 Å². The molecular formula is C25H34N2O5. The average molecular weight is 443 g/mol. The summed E-state index contributed by atoms with van der Waals surface area (Å²) in [6.07, 6.45) is 0.480. The lowest BCUT2D eigenvalue weighted by molar-refractivity contribution is -0.143. The summed E-state index contributed by atoms with van der Waals surface area (Å²) in [4.78, 5) is 27.8. The summed E-state index contributed by atoms with van der Waals surface area (Å²) in [6.45, 7) is 7.73. The van der Waals surface area contributed by atoms with Crippen LogP contribution in [0.3, 0.4) is 0 Å². The Balaban J connectivity index is 2.24. The number of rotatable bonds is 10. The van der Waals surface area contributed by atoms with Crippen LogP contribution in [0.1, 0.15) is 39.7 Å². The lowest BCUT2D eigenvalue weighted by atomic mass is 10.1. The molecule has 0 heterocycles. The quantitative estimate of drug-likeness (QED) is 0.606. The van der Waals surface area contributed by atoms with Crippen molar-refractivity contribution in [2.45, 2.75) is 52.2 Å². The molecule has 0 bridgehead atoms. The first-order valence-electron chi connectivity index (χ1n) is 10.7. The smallest absolute Gasteiger partial charge is 0.261 e. The number of carbonyl (C=O) groups excluding carboxylic acids is 2. The summed E-state index contributed by atoms with van der Waals surface area (Å²) in [5.74, 6) is 1.09. The summed E-state index contributed by atoms with van der Waals surface area (Å²) in [6, 6.07) is 14.1. The van der Waals surface area contributed by atoms with Gasteiger partial charge in [0.15, 0.2) is 6.61 Å². The van der Waals surface area contributed by atoms with E-state index in [1.54, 1.807) is 37.3 Å². The highest BCUT2D eigenvalue weighted by Crippen LogP contribution is 2.27.